The van der Waals surface area contributed by atoms with Crippen molar-refractivity contribution in [2.45, 2.75) is 12.8 Å². The number of rotatable bonds is 5. The Bertz CT molecular complexity index is 1110. The topological polar surface area (TPSA) is 92.4 Å². The molecule has 0 saturated heterocycles. The first kappa shape index (κ1) is 22.9. The van der Waals surface area contributed by atoms with Crippen molar-refractivity contribution >= 4 is 29.2 Å². The summed E-state index contributed by atoms with van der Waals surface area (Å²) in [6, 6.07) is 11.4. The summed E-state index contributed by atoms with van der Waals surface area (Å²) in [7, 11) is 0. The number of carbonyl (C=O) groups excluding carboxylic acids is 2. The molecule has 1 aromatic heterocycles. The summed E-state index contributed by atoms with van der Waals surface area (Å²) in [6.45, 7) is 0.189. The fourth-order valence-electron chi connectivity index (χ4n) is 2.55. The van der Waals surface area contributed by atoms with Crippen molar-refractivity contribution in [2.75, 3.05) is 5.32 Å². The van der Waals surface area contributed by atoms with Crippen LogP contribution in [-0.2, 0) is 12.8 Å². The minimum absolute atomic E-state index is 0.102. The molecule has 0 aliphatic carbocycles. The van der Waals surface area contributed by atoms with E-state index in [0.29, 0.717) is 6.07 Å². The van der Waals surface area contributed by atoms with Crippen LogP contribution in [0.15, 0.2) is 67.0 Å². The summed E-state index contributed by atoms with van der Waals surface area (Å²) in [5, 5.41) is 2.05. The first-order valence-electron chi connectivity index (χ1n) is 9.09. The Hall–Kier alpha value is -3.79. The summed E-state index contributed by atoms with van der Waals surface area (Å²) in [6.07, 6.45) is -1.39. The maximum atomic E-state index is 12.8. The van der Waals surface area contributed by atoms with Crippen LogP contribution in [0, 0.1) is 0 Å². The molecule has 0 radical (unpaired) electrons. The van der Waals surface area contributed by atoms with Gasteiger partial charge in [0.15, 0.2) is 0 Å². The van der Waals surface area contributed by atoms with Gasteiger partial charge in [-0.05, 0) is 48.0 Å². The van der Waals surface area contributed by atoms with E-state index in [1.165, 1.54) is 6.07 Å². The van der Waals surface area contributed by atoms with Crippen LogP contribution in [-0.4, -0.2) is 16.9 Å². The number of alkyl halides is 3. The van der Waals surface area contributed by atoms with Gasteiger partial charge in [-0.2, -0.15) is 13.2 Å². The quantitative estimate of drug-likeness (QED) is 0.473. The highest BCUT2D eigenvalue weighted by Gasteiger charge is 2.31. The molecule has 1 heterocycles. The highest BCUT2D eigenvalue weighted by molar-refractivity contribution is 6.33. The highest BCUT2D eigenvalue weighted by atomic mass is 35.5. The van der Waals surface area contributed by atoms with Crippen LogP contribution in [0.2, 0.25) is 5.02 Å². The molecule has 0 saturated carbocycles. The van der Waals surface area contributed by atoms with Crippen molar-refractivity contribution < 1.29 is 27.5 Å². The third kappa shape index (κ3) is 6.11. The molecule has 32 heavy (non-hydrogen) atoms. The molecule has 0 spiro atoms. The Morgan fingerprint density at radius 2 is 1.72 bits per heavy atom. The number of nitrogens with one attached hydrogen (secondary N) is 3. The zero-order valence-corrected chi connectivity index (χ0v) is 17.0. The number of carbonyl (C=O) groups is 2. The molecular formula is C21H16ClF3N4O3. The van der Waals surface area contributed by atoms with Crippen molar-refractivity contribution in [2.24, 2.45) is 0 Å². The third-order valence-electron chi connectivity index (χ3n) is 4.11. The molecule has 0 aliphatic rings. The zero-order chi connectivity index (χ0) is 23.1. The van der Waals surface area contributed by atoms with Gasteiger partial charge >= 0.3 is 12.2 Å². The van der Waals surface area contributed by atoms with Gasteiger partial charge in [0.25, 0.3) is 5.91 Å². The summed E-state index contributed by atoms with van der Waals surface area (Å²) < 4.78 is 44.2. The number of hydrogen-bond donors (Lipinski definition) is 3. The standard InChI is InChI=1S/C21H16ClF3N4O3/c22-16-6-5-14(21(23,24)25)11-17(16)27-20(31)29-28-19(30)15-3-1-2-4-18(15)32-12-13-7-9-26-10-8-13/h1-11H,12H2,(H,28,30)(H2,27,29,31). The second-order valence-corrected chi connectivity index (χ2v) is 6.77. The van der Waals surface area contributed by atoms with Gasteiger partial charge in [-0.25, -0.2) is 10.2 Å². The number of nitrogens with zero attached hydrogens (tertiary/aromatic N) is 1. The van der Waals surface area contributed by atoms with E-state index in [4.69, 9.17) is 16.3 Å². The second kappa shape index (κ2) is 10.0. The minimum atomic E-state index is -4.61. The monoisotopic (exact) mass is 464 g/mol. The van der Waals surface area contributed by atoms with Crippen LogP contribution in [0.1, 0.15) is 21.5 Å². The number of hydrogen-bond acceptors (Lipinski definition) is 4. The lowest BCUT2D eigenvalue weighted by atomic mass is 10.2. The number of anilines is 1. The Kier molecular flexibility index (Phi) is 7.16. The minimum Gasteiger partial charge on any atom is -0.488 e. The Morgan fingerprint density at radius 3 is 2.44 bits per heavy atom. The van der Waals surface area contributed by atoms with Crippen molar-refractivity contribution in [1.82, 2.24) is 15.8 Å². The van der Waals surface area contributed by atoms with Crippen molar-refractivity contribution in [1.29, 1.82) is 0 Å². The number of amides is 3. The average Bonchev–Trinajstić information content (AvgIpc) is 2.77. The van der Waals surface area contributed by atoms with Gasteiger partial charge in [-0.15, -0.1) is 0 Å². The number of ether oxygens (including phenoxy) is 1. The van der Waals surface area contributed by atoms with Crippen molar-refractivity contribution in [3.8, 4) is 5.75 Å². The zero-order valence-electron chi connectivity index (χ0n) is 16.2. The van der Waals surface area contributed by atoms with Gasteiger partial charge in [0.1, 0.15) is 12.4 Å². The van der Waals surface area contributed by atoms with Crippen molar-refractivity contribution in [3.63, 3.8) is 0 Å². The highest BCUT2D eigenvalue weighted by Crippen LogP contribution is 2.33. The maximum Gasteiger partial charge on any atom is 0.416 e. The van der Waals surface area contributed by atoms with E-state index in [0.717, 1.165) is 17.7 Å². The largest absolute Gasteiger partial charge is 0.488 e. The van der Waals surface area contributed by atoms with Crippen LogP contribution in [0.25, 0.3) is 0 Å². The lowest BCUT2D eigenvalue weighted by Crippen LogP contribution is -2.44. The van der Waals surface area contributed by atoms with E-state index in [2.05, 4.69) is 21.2 Å². The summed E-state index contributed by atoms with van der Waals surface area (Å²) in [5.41, 5.74) is 3.95. The number of urea groups is 1. The lowest BCUT2D eigenvalue weighted by Gasteiger charge is -2.14. The predicted molar refractivity (Wildman–Crippen MR) is 111 cm³/mol. The number of benzene rings is 2. The molecule has 0 aliphatic heterocycles. The number of para-hydroxylation sites is 1. The molecule has 11 heteroatoms. The van der Waals surface area contributed by atoms with E-state index in [1.807, 2.05) is 0 Å². The number of halogens is 4. The molecule has 0 bridgehead atoms. The molecule has 166 valence electrons. The molecule has 7 nitrogen and oxygen atoms in total. The molecule has 0 atom stereocenters. The van der Waals surface area contributed by atoms with E-state index >= 15 is 0 Å². The van der Waals surface area contributed by atoms with Gasteiger partial charge in [0.2, 0.25) is 0 Å². The van der Waals surface area contributed by atoms with Crippen LogP contribution < -0.4 is 20.9 Å². The first-order valence-corrected chi connectivity index (χ1v) is 9.46. The van der Waals surface area contributed by atoms with Crippen molar-refractivity contribution in [3.05, 3.63) is 88.7 Å². The summed E-state index contributed by atoms with van der Waals surface area (Å²) in [5.74, 6) is -0.425. The molecule has 3 amide bonds. The Labute approximate surface area is 185 Å². The molecule has 3 N–H and O–H groups in total. The van der Waals surface area contributed by atoms with E-state index < -0.39 is 23.7 Å². The molecular weight excluding hydrogens is 449 g/mol. The summed E-state index contributed by atoms with van der Waals surface area (Å²) in [4.78, 5) is 28.4. The van der Waals surface area contributed by atoms with Gasteiger partial charge in [-0.1, -0.05) is 23.7 Å². The van der Waals surface area contributed by atoms with Gasteiger partial charge in [-0.3, -0.25) is 15.2 Å². The normalized spacial score (nSPS) is 10.9. The maximum absolute atomic E-state index is 12.8. The first-order chi connectivity index (χ1) is 15.2. The number of pyridine rings is 1. The van der Waals surface area contributed by atoms with E-state index in [-0.39, 0.29) is 28.6 Å². The fraction of sp³-hybridized carbons (Fsp3) is 0.0952. The predicted octanol–water partition coefficient (Wildman–Crippen LogP) is 4.80. The van der Waals surface area contributed by atoms with Gasteiger partial charge < -0.3 is 10.1 Å². The second-order valence-electron chi connectivity index (χ2n) is 6.37. The summed E-state index contributed by atoms with van der Waals surface area (Å²) >= 11 is 5.84. The van der Waals surface area contributed by atoms with Crippen LogP contribution >= 0.6 is 11.6 Å². The lowest BCUT2D eigenvalue weighted by molar-refractivity contribution is -0.137. The Balaban J connectivity index is 1.61. The molecule has 0 fully saturated rings. The smallest absolute Gasteiger partial charge is 0.416 e. The molecule has 3 aromatic rings. The van der Waals surface area contributed by atoms with Gasteiger partial charge in [0.05, 0.1) is 21.8 Å². The molecule has 0 unspecified atom stereocenters. The Morgan fingerprint density at radius 1 is 1.00 bits per heavy atom. The van der Waals surface area contributed by atoms with E-state index in [9.17, 15) is 22.8 Å². The molecule has 2 aromatic carbocycles. The van der Waals surface area contributed by atoms with Crippen LogP contribution in [0.5, 0.6) is 5.75 Å². The third-order valence-corrected chi connectivity index (χ3v) is 4.44. The van der Waals surface area contributed by atoms with Crippen LogP contribution in [0.4, 0.5) is 23.7 Å². The number of aromatic nitrogens is 1. The van der Waals surface area contributed by atoms with E-state index in [1.54, 1.807) is 42.7 Å². The fourth-order valence-corrected chi connectivity index (χ4v) is 2.72. The van der Waals surface area contributed by atoms with Gasteiger partial charge in [0, 0.05) is 12.4 Å². The molecule has 3 rings (SSSR count). The average molecular weight is 465 g/mol. The number of hydrazine groups is 1. The van der Waals surface area contributed by atoms with Crippen LogP contribution in [0.3, 0.4) is 0 Å². The SMILES string of the molecule is O=C(NNC(=O)c1ccccc1OCc1ccncc1)Nc1cc(C(F)(F)F)ccc1Cl.